The Labute approximate surface area is 94.7 Å². The minimum atomic E-state index is -0.548. The highest BCUT2D eigenvalue weighted by Gasteiger charge is 2.10. The Hall–Kier alpha value is -1.22. The summed E-state index contributed by atoms with van der Waals surface area (Å²) in [6.07, 6.45) is 0. The van der Waals surface area contributed by atoms with Crippen LogP contribution in [0.1, 0.15) is 0 Å². The summed E-state index contributed by atoms with van der Waals surface area (Å²) in [6.45, 7) is 0. The fraction of sp³-hybridized carbons (Fsp3) is 0. The minimum absolute atomic E-state index is 0.0128. The van der Waals surface area contributed by atoms with E-state index in [1.54, 1.807) is 18.2 Å². The van der Waals surface area contributed by atoms with Gasteiger partial charge in [0.2, 0.25) is 0 Å². The molecule has 0 aromatic heterocycles. The van der Waals surface area contributed by atoms with Gasteiger partial charge in [-0.1, -0.05) is 34.1 Å². The van der Waals surface area contributed by atoms with Crippen molar-refractivity contribution in [3.05, 3.63) is 58.6 Å². The zero-order valence-corrected chi connectivity index (χ0v) is 9.26. The van der Waals surface area contributed by atoms with Crippen molar-refractivity contribution in [2.24, 2.45) is 0 Å². The number of hydrogen-bond donors (Lipinski definition) is 0. The average Bonchev–Trinajstić information content (AvgIpc) is 2.17. The summed E-state index contributed by atoms with van der Waals surface area (Å²) in [7, 11) is 0. The van der Waals surface area contributed by atoms with Gasteiger partial charge in [0, 0.05) is 4.47 Å². The van der Waals surface area contributed by atoms with Crippen molar-refractivity contribution < 1.29 is 8.78 Å². The van der Waals surface area contributed by atoms with Crippen LogP contribution in [0.25, 0.3) is 11.1 Å². The van der Waals surface area contributed by atoms with Gasteiger partial charge in [-0.05, 0) is 29.8 Å². The molecule has 2 aromatic rings. The Morgan fingerprint density at radius 1 is 0.867 bits per heavy atom. The smallest absolute Gasteiger partial charge is 0.133 e. The average molecular weight is 269 g/mol. The van der Waals surface area contributed by atoms with E-state index in [0.717, 1.165) is 4.47 Å². The molecule has 15 heavy (non-hydrogen) atoms. The third-order valence-electron chi connectivity index (χ3n) is 2.08. The topological polar surface area (TPSA) is 0 Å². The van der Waals surface area contributed by atoms with E-state index in [1.165, 1.54) is 18.2 Å². The number of rotatable bonds is 1. The van der Waals surface area contributed by atoms with E-state index in [-0.39, 0.29) is 5.56 Å². The van der Waals surface area contributed by atoms with Crippen LogP contribution < -0.4 is 0 Å². The Morgan fingerprint density at radius 2 is 1.47 bits per heavy atom. The summed E-state index contributed by atoms with van der Waals surface area (Å²) >= 11 is 3.26. The van der Waals surface area contributed by atoms with E-state index in [1.807, 2.05) is 6.07 Å². The number of benzene rings is 2. The van der Waals surface area contributed by atoms with Gasteiger partial charge < -0.3 is 0 Å². The molecular weight excluding hydrogens is 262 g/mol. The maximum atomic E-state index is 13.4. The van der Waals surface area contributed by atoms with Gasteiger partial charge >= 0.3 is 0 Å². The van der Waals surface area contributed by atoms with E-state index >= 15 is 0 Å². The Bertz CT molecular complexity index is 474. The fourth-order valence-electron chi connectivity index (χ4n) is 1.42. The molecule has 0 radical (unpaired) electrons. The first-order valence-electron chi connectivity index (χ1n) is 4.38. The summed E-state index contributed by atoms with van der Waals surface area (Å²) in [5, 5.41) is 0. The third-order valence-corrected chi connectivity index (χ3v) is 2.57. The maximum Gasteiger partial charge on any atom is 0.133 e. The Morgan fingerprint density at radius 3 is 2.07 bits per heavy atom. The van der Waals surface area contributed by atoms with Crippen molar-refractivity contribution >= 4 is 15.9 Å². The predicted molar refractivity (Wildman–Crippen MR) is 59.5 cm³/mol. The van der Waals surface area contributed by atoms with Gasteiger partial charge in [-0.25, -0.2) is 8.78 Å². The first-order chi connectivity index (χ1) is 7.18. The second-order valence-corrected chi connectivity index (χ2v) is 4.02. The fourth-order valence-corrected chi connectivity index (χ4v) is 1.82. The van der Waals surface area contributed by atoms with Crippen LogP contribution in [0.3, 0.4) is 0 Å². The molecule has 2 rings (SSSR count). The van der Waals surface area contributed by atoms with Crippen molar-refractivity contribution in [3.8, 4) is 11.1 Å². The number of hydrogen-bond acceptors (Lipinski definition) is 0. The lowest BCUT2D eigenvalue weighted by atomic mass is 10.0. The largest absolute Gasteiger partial charge is 0.206 e. The van der Waals surface area contributed by atoms with E-state index in [2.05, 4.69) is 15.9 Å². The van der Waals surface area contributed by atoms with Gasteiger partial charge in [0.15, 0.2) is 0 Å². The molecule has 0 spiro atoms. The van der Waals surface area contributed by atoms with Gasteiger partial charge in [0.25, 0.3) is 0 Å². The third kappa shape index (κ3) is 2.07. The van der Waals surface area contributed by atoms with Crippen LogP contribution in [0.4, 0.5) is 8.78 Å². The van der Waals surface area contributed by atoms with Crippen LogP contribution in [-0.2, 0) is 0 Å². The lowest BCUT2D eigenvalue weighted by molar-refractivity contribution is 0.589. The summed E-state index contributed by atoms with van der Waals surface area (Å²) < 4.78 is 27.6. The van der Waals surface area contributed by atoms with Gasteiger partial charge in [-0.3, -0.25) is 0 Å². The summed E-state index contributed by atoms with van der Waals surface area (Å²) in [4.78, 5) is 0. The number of halogens is 3. The van der Waals surface area contributed by atoms with Gasteiger partial charge in [-0.2, -0.15) is 0 Å². The SMILES string of the molecule is Fc1cccc(F)c1-c1cccc(Br)c1. The summed E-state index contributed by atoms with van der Waals surface area (Å²) in [6, 6.07) is 10.8. The highest BCUT2D eigenvalue weighted by Crippen LogP contribution is 2.27. The Balaban J connectivity index is 2.63. The molecule has 0 fully saturated rings. The van der Waals surface area contributed by atoms with Crippen LogP contribution >= 0.6 is 15.9 Å². The highest BCUT2D eigenvalue weighted by atomic mass is 79.9. The quantitative estimate of drug-likeness (QED) is 0.720. The normalized spacial score (nSPS) is 10.3. The zero-order chi connectivity index (χ0) is 10.8. The molecule has 76 valence electrons. The molecule has 0 saturated carbocycles. The van der Waals surface area contributed by atoms with Crippen LogP contribution in [0, 0.1) is 11.6 Å². The predicted octanol–water partition coefficient (Wildman–Crippen LogP) is 4.39. The van der Waals surface area contributed by atoms with Gasteiger partial charge in [0.1, 0.15) is 11.6 Å². The summed E-state index contributed by atoms with van der Waals surface area (Å²) in [5.74, 6) is -1.10. The van der Waals surface area contributed by atoms with Crippen molar-refractivity contribution in [3.63, 3.8) is 0 Å². The second kappa shape index (κ2) is 4.11. The first kappa shape index (κ1) is 10.3. The molecule has 0 N–H and O–H groups in total. The van der Waals surface area contributed by atoms with Crippen molar-refractivity contribution in [2.45, 2.75) is 0 Å². The van der Waals surface area contributed by atoms with Crippen molar-refractivity contribution in [1.82, 2.24) is 0 Å². The van der Waals surface area contributed by atoms with Crippen LogP contribution in [0.5, 0.6) is 0 Å². The Kier molecular flexibility index (Phi) is 2.82. The molecule has 0 unspecified atom stereocenters. The first-order valence-corrected chi connectivity index (χ1v) is 5.18. The molecule has 0 saturated heterocycles. The van der Waals surface area contributed by atoms with E-state index in [0.29, 0.717) is 5.56 Å². The summed E-state index contributed by atoms with van der Waals surface area (Å²) in [5.41, 5.74) is 0.541. The molecule has 0 heterocycles. The minimum Gasteiger partial charge on any atom is -0.206 e. The standard InChI is InChI=1S/C12H7BrF2/c13-9-4-1-3-8(7-9)12-10(14)5-2-6-11(12)15/h1-7H. The lowest BCUT2D eigenvalue weighted by Gasteiger charge is -2.05. The molecule has 0 nitrogen and oxygen atoms in total. The molecule has 0 atom stereocenters. The van der Waals surface area contributed by atoms with Crippen molar-refractivity contribution in [1.29, 1.82) is 0 Å². The lowest BCUT2D eigenvalue weighted by Crippen LogP contribution is -1.89. The molecule has 0 aliphatic heterocycles. The van der Waals surface area contributed by atoms with Crippen LogP contribution in [-0.4, -0.2) is 0 Å². The molecule has 0 bridgehead atoms. The molecular formula is C12H7BrF2. The van der Waals surface area contributed by atoms with Gasteiger partial charge in [-0.15, -0.1) is 0 Å². The van der Waals surface area contributed by atoms with E-state index in [9.17, 15) is 8.78 Å². The molecule has 2 aromatic carbocycles. The molecule has 0 amide bonds. The monoisotopic (exact) mass is 268 g/mol. The zero-order valence-electron chi connectivity index (χ0n) is 7.68. The molecule has 3 heteroatoms. The van der Waals surface area contributed by atoms with E-state index < -0.39 is 11.6 Å². The van der Waals surface area contributed by atoms with Gasteiger partial charge in [0.05, 0.1) is 5.56 Å². The second-order valence-electron chi connectivity index (χ2n) is 3.11. The molecule has 0 aliphatic carbocycles. The maximum absolute atomic E-state index is 13.4. The van der Waals surface area contributed by atoms with Crippen molar-refractivity contribution in [2.75, 3.05) is 0 Å². The van der Waals surface area contributed by atoms with Crippen LogP contribution in [0.15, 0.2) is 46.9 Å². The molecule has 0 aliphatic rings. The highest BCUT2D eigenvalue weighted by molar-refractivity contribution is 9.10. The van der Waals surface area contributed by atoms with E-state index in [4.69, 9.17) is 0 Å². The van der Waals surface area contributed by atoms with Crippen LogP contribution in [0.2, 0.25) is 0 Å².